The molecule has 0 aromatic carbocycles. The number of rotatable bonds is 7. The molecule has 1 rings (SSSR count). The summed E-state index contributed by atoms with van der Waals surface area (Å²) in [5.74, 6) is 1.67. The third-order valence-electron chi connectivity index (χ3n) is 4.26. The molecule has 0 bridgehead atoms. The maximum Gasteiger partial charge on any atom is 0.191 e. The van der Waals surface area contributed by atoms with Gasteiger partial charge in [-0.15, -0.1) is 24.0 Å². The van der Waals surface area contributed by atoms with Crippen LogP contribution in [-0.4, -0.2) is 62.1 Å². The molecule has 132 valence electrons. The molecular formula is C16H35IN4S. The maximum absolute atomic E-state index is 4.38. The first-order chi connectivity index (χ1) is 9.96. The zero-order valence-electron chi connectivity index (χ0n) is 15.1. The van der Waals surface area contributed by atoms with Gasteiger partial charge in [-0.2, -0.15) is 11.8 Å². The number of nitrogens with zero attached hydrogens (tertiary/aromatic N) is 2. The molecule has 0 aliphatic heterocycles. The Morgan fingerprint density at radius 1 is 1.32 bits per heavy atom. The van der Waals surface area contributed by atoms with Crippen LogP contribution in [0.4, 0.5) is 0 Å². The van der Waals surface area contributed by atoms with Gasteiger partial charge in [-0.25, -0.2) is 0 Å². The second-order valence-electron chi connectivity index (χ2n) is 6.71. The van der Waals surface area contributed by atoms with Gasteiger partial charge in [0.05, 0.1) is 0 Å². The molecule has 0 amide bonds. The number of thioether (sulfide) groups is 1. The SMILES string of the molecule is CN=C(NCC(CC(C)C)N(C)C)NC1CCC(SC)C1.I. The van der Waals surface area contributed by atoms with Gasteiger partial charge in [0.2, 0.25) is 0 Å². The highest BCUT2D eigenvalue weighted by molar-refractivity contribution is 14.0. The van der Waals surface area contributed by atoms with E-state index in [-0.39, 0.29) is 24.0 Å². The van der Waals surface area contributed by atoms with E-state index in [1.54, 1.807) is 0 Å². The summed E-state index contributed by atoms with van der Waals surface area (Å²) < 4.78 is 0. The molecule has 0 heterocycles. The Kier molecular flexibility index (Phi) is 12.0. The predicted molar refractivity (Wildman–Crippen MR) is 112 cm³/mol. The Hall–Kier alpha value is 0.310. The average molecular weight is 442 g/mol. The van der Waals surface area contributed by atoms with Gasteiger partial charge < -0.3 is 15.5 Å². The molecule has 3 atom stereocenters. The summed E-state index contributed by atoms with van der Waals surface area (Å²) in [6.45, 7) is 5.51. The zero-order chi connectivity index (χ0) is 15.8. The first-order valence-electron chi connectivity index (χ1n) is 8.12. The van der Waals surface area contributed by atoms with Crippen LogP contribution in [0, 0.1) is 5.92 Å². The smallest absolute Gasteiger partial charge is 0.191 e. The molecular weight excluding hydrogens is 407 g/mol. The molecule has 0 aromatic rings. The molecule has 1 fully saturated rings. The fraction of sp³-hybridized carbons (Fsp3) is 0.938. The van der Waals surface area contributed by atoms with Crippen molar-refractivity contribution in [2.75, 3.05) is 33.9 Å². The van der Waals surface area contributed by atoms with Gasteiger partial charge in [-0.05, 0) is 52.0 Å². The minimum atomic E-state index is 0. The van der Waals surface area contributed by atoms with Crippen LogP contribution >= 0.6 is 35.7 Å². The van der Waals surface area contributed by atoms with Gasteiger partial charge in [-0.1, -0.05) is 13.8 Å². The standard InChI is InChI=1S/C16H34N4S.HI/c1-12(2)9-14(20(4)5)11-18-16(17-3)19-13-7-8-15(10-13)21-6;/h12-15H,7-11H2,1-6H3,(H2,17,18,19);1H. The number of nitrogens with one attached hydrogen (secondary N) is 2. The zero-order valence-corrected chi connectivity index (χ0v) is 18.2. The van der Waals surface area contributed by atoms with Gasteiger partial charge in [0.1, 0.15) is 0 Å². The number of likely N-dealkylation sites (N-methyl/N-ethyl adjacent to an activating group) is 1. The Morgan fingerprint density at radius 2 is 2.00 bits per heavy atom. The van der Waals surface area contributed by atoms with Gasteiger partial charge in [0.25, 0.3) is 0 Å². The third kappa shape index (κ3) is 8.24. The van der Waals surface area contributed by atoms with E-state index in [4.69, 9.17) is 0 Å². The van der Waals surface area contributed by atoms with Crippen LogP contribution in [0.5, 0.6) is 0 Å². The minimum Gasteiger partial charge on any atom is -0.355 e. The first-order valence-corrected chi connectivity index (χ1v) is 9.41. The van der Waals surface area contributed by atoms with Crippen LogP contribution in [0.1, 0.15) is 39.5 Å². The largest absolute Gasteiger partial charge is 0.355 e. The Bertz CT molecular complexity index is 323. The molecule has 0 radical (unpaired) electrons. The topological polar surface area (TPSA) is 39.7 Å². The number of hydrogen-bond donors (Lipinski definition) is 2. The van der Waals surface area contributed by atoms with E-state index < -0.39 is 0 Å². The van der Waals surface area contributed by atoms with Crippen LogP contribution in [-0.2, 0) is 0 Å². The van der Waals surface area contributed by atoms with Crippen molar-refractivity contribution in [3.63, 3.8) is 0 Å². The van der Waals surface area contributed by atoms with Crippen molar-refractivity contribution in [1.29, 1.82) is 0 Å². The fourth-order valence-electron chi connectivity index (χ4n) is 2.91. The normalized spacial score (nSPS) is 23.5. The second-order valence-corrected chi connectivity index (χ2v) is 7.85. The molecule has 0 saturated heterocycles. The van der Waals surface area contributed by atoms with E-state index in [1.807, 2.05) is 18.8 Å². The maximum atomic E-state index is 4.38. The number of aliphatic imine (C=N–C) groups is 1. The fourth-order valence-corrected chi connectivity index (χ4v) is 3.71. The predicted octanol–water partition coefficient (Wildman–Crippen LogP) is 3.03. The van der Waals surface area contributed by atoms with E-state index in [1.165, 1.54) is 25.7 Å². The van der Waals surface area contributed by atoms with Crippen LogP contribution in [0.25, 0.3) is 0 Å². The number of hydrogen-bond acceptors (Lipinski definition) is 3. The monoisotopic (exact) mass is 442 g/mol. The Balaban J connectivity index is 0.00000441. The quantitative estimate of drug-likeness (QED) is 0.361. The highest BCUT2D eigenvalue weighted by atomic mass is 127. The van der Waals surface area contributed by atoms with E-state index in [0.29, 0.717) is 18.0 Å². The molecule has 6 heteroatoms. The second kappa shape index (κ2) is 11.8. The summed E-state index contributed by atoms with van der Waals surface area (Å²) >= 11 is 1.99. The molecule has 3 unspecified atom stereocenters. The molecule has 1 aliphatic carbocycles. The van der Waals surface area contributed by atoms with Crippen LogP contribution in [0.2, 0.25) is 0 Å². The molecule has 0 spiro atoms. The lowest BCUT2D eigenvalue weighted by atomic mass is 10.0. The van der Waals surface area contributed by atoms with Crippen molar-refractivity contribution in [2.45, 2.75) is 56.9 Å². The summed E-state index contributed by atoms with van der Waals surface area (Å²) in [6, 6.07) is 1.13. The molecule has 22 heavy (non-hydrogen) atoms. The Morgan fingerprint density at radius 3 is 2.45 bits per heavy atom. The van der Waals surface area contributed by atoms with Gasteiger partial charge >= 0.3 is 0 Å². The van der Waals surface area contributed by atoms with Crippen LogP contribution in [0.3, 0.4) is 0 Å². The van der Waals surface area contributed by atoms with Crippen molar-refractivity contribution in [3.05, 3.63) is 0 Å². The average Bonchev–Trinajstić information content (AvgIpc) is 2.88. The van der Waals surface area contributed by atoms with E-state index in [2.05, 4.69) is 54.7 Å². The lowest BCUT2D eigenvalue weighted by Gasteiger charge is -2.27. The van der Waals surface area contributed by atoms with Crippen molar-refractivity contribution in [2.24, 2.45) is 10.9 Å². The molecule has 2 N–H and O–H groups in total. The minimum absolute atomic E-state index is 0. The Labute approximate surface area is 158 Å². The van der Waals surface area contributed by atoms with E-state index in [9.17, 15) is 0 Å². The summed E-state index contributed by atoms with van der Waals surface area (Å²) in [4.78, 5) is 6.69. The summed E-state index contributed by atoms with van der Waals surface area (Å²) in [7, 11) is 6.18. The van der Waals surface area contributed by atoms with Crippen molar-refractivity contribution < 1.29 is 0 Å². The first kappa shape index (κ1) is 22.3. The highest BCUT2D eigenvalue weighted by Gasteiger charge is 2.24. The molecule has 0 aromatic heterocycles. The summed E-state index contributed by atoms with van der Waals surface area (Å²) in [6.07, 6.45) is 7.26. The van der Waals surface area contributed by atoms with Crippen molar-refractivity contribution in [3.8, 4) is 0 Å². The van der Waals surface area contributed by atoms with Gasteiger partial charge in [0.15, 0.2) is 5.96 Å². The third-order valence-corrected chi connectivity index (χ3v) is 5.36. The van der Waals surface area contributed by atoms with Gasteiger partial charge in [0, 0.05) is 30.9 Å². The van der Waals surface area contributed by atoms with Crippen LogP contribution < -0.4 is 10.6 Å². The van der Waals surface area contributed by atoms with Crippen molar-refractivity contribution >= 4 is 41.7 Å². The van der Waals surface area contributed by atoms with E-state index in [0.717, 1.165) is 17.8 Å². The van der Waals surface area contributed by atoms with Crippen molar-refractivity contribution in [1.82, 2.24) is 15.5 Å². The summed E-state index contributed by atoms with van der Waals surface area (Å²) in [5.41, 5.74) is 0. The highest BCUT2D eigenvalue weighted by Crippen LogP contribution is 2.27. The molecule has 1 aliphatic rings. The van der Waals surface area contributed by atoms with Gasteiger partial charge in [-0.3, -0.25) is 4.99 Å². The number of guanidine groups is 1. The lowest BCUT2D eigenvalue weighted by molar-refractivity contribution is 0.254. The lowest BCUT2D eigenvalue weighted by Crippen LogP contribution is -2.47. The summed E-state index contributed by atoms with van der Waals surface area (Å²) in [5, 5.41) is 7.91. The van der Waals surface area contributed by atoms with E-state index >= 15 is 0 Å². The molecule has 1 saturated carbocycles. The molecule has 4 nitrogen and oxygen atoms in total. The van der Waals surface area contributed by atoms with Crippen LogP contribution in [0.15, 0.2) is 4.99 Å². The number of halogens is 1.